The first kappa shape index (κ1) is 9.99. The summed E-state index contributed by atoms with van der Waals surface area (Å²) in [6.07, 6.45) is 1.17. The maximum Gasteiger partial charge on any atom is 0.216 e. The first-order valence-electron chi connectivity index (χ1n) is 4.42. The van der Waals surface area contributed by atoms with Gasteiger partial charge in [0.25, 0.3) is 0 Å². The lowest BCUT2D eigenvalue weighted by atomic mass is 10.1. The van der Waals surface area contributed by atoms with E-state index in [9.17, 15) is 5.11 Å². The van der Waals surface area contributed by atoms with Crippen molar-refractivity contribution in [1.29, 1.82) is 0 Å². The highest BCUT2D eigenvalue weighted by Crippen LogP contribution is 2.19. The number of aliphatic hydroxyl groups is 1. The smallest absolute Gasteiger partial charge is 0.216 e. The van der Waals surface area contributed by atoms with Crippen molar-refractivity contribution in [2.24, 2.45) is 0 Å². The van der Waals surface area contributed by atoms with Crippen molar-refractivity contribution in [3.05, 3.63) is 23.4 Å². The molecule has 1 aromatic rings. The largest absolute Gasteiger partial charge is 0.478 e. The third-order valence-corrected chi connectivity index (χ3v) is 1.81. The minimum Gasteiger partial charge on any atom is -0.478 e. The van der Waals surface area contributed by atoms with E-state index in [1.54, 1.807) is 13.1 Å². The zero-order valence-electron chi connectivity index (χ0n) is 8.24. The normalized spacial score (nSPS) is 12.6. The van der Waals surface area contributed by atoms with E-state index >= 15 is 0 Å². The fraction of sp³-hybridized carbons (Fsp3) is 0.500. The van der Waals surface area contributed by atoms with Crippen LogP contribution < -0.4 is 4.74 Å². The van der Waals surface area contributed by atoms with Crippen molar-refractivity contribution in [3.63, 3.8) is 0 Å². The standard InChI is InChI=1S/C10H15NO2/c1-4-13-10-7(2)5-9(6-11-10)8(3)12/h5-6,8,12H,4H2,1-3H3/t8-/m1/s1. The monoisotopic (exact) mass is 181 g/mol. The van der Waals surface area contributed by atoms with Gasteiger partial charge in [-0.3, -0.25) is 0 Å². The molecule has 0 saturated carbocycles. The number of pyridine rings is 1. The van der Waals surface area contributed by atoms with Gasteiger partial charge in [-0.15, -0.1) is 0 Å². The highest BCUT2D eigenvalue weighted by Gasteiger charge is 2.05. The van der Waals surface area contributed by atoms with E-state index in [0.717, 1.165) is 11.1 Å². The number of aliphatic hydroxyl groups excluding tert-OH is 1. The molecule has 0 radical (unpaired) electrons. The van der Waals surface area contributed by atoms with Crippen molar-refractivity contribution in [3.8, 4) is 5.88 Å². The van der Waals surface area contributed by atoms with E-state index in [2.05, 4.69) is 4.98 Å². The number of hydrogen-bond donors (Lipinski definition) is 1. The van der Waals surface area contributed by atoms with Crippen LogP contribution in [0.4, 0.5) is 0 Å². The minimum atomic E-state index is -0.470. The highest BCUT2D eigenvalue weighted by atomic mass is 16.5. The average Bonchev–Trinajstić information content (AvgIpc) is 2.08. The molecule has 72 valence electrons. The van der Waals surface area contributed by atoms with Crippen LogP contribution in [0, 0.1) is 6.92 Å². The van der Waals surface area contributed by atoms with Gasteiger partial charge in [0.15, 0.2) is 0 Å². The molecule has 0 spiro atoms. The van der Waals surface area contributed by atoms with Gasteiger partial charge in [0, 0.05) is 11.8 Å². The van der Waals surface area contributed by atoms with Crippen LogP contribution in [0.3, 0.4) is 0 Å². The summed E-state index contributed by atoms with van der Waals surface area (Å²) in [5.74, 6) is 0.645. The SMILES string of the molecule is CCOc1ncc([C@@H](C)O)cc1C. The first-order chi connectivity index (χ1) is 6.15. The molecule has 1 N–H and O–H groups in total. The first-order valence-corrected chi connectivity index (χ1v) is 4.42. The molecule has 0 fully saturated rings. The Morgan fingerprint density at radius 1 is 1.62 bits per heavy atom. The van der Waals surface area contributed by atoms with E-state index in [1.165, 1.54) is 0 Å². The molecule has 0 amide bonds. The predicted molar refractivity (Wildman–Crippen MR) is 50.8 cm³/mol. The summed E-state index contributed by atoms with van der Waals surface area (Å²) >= 11 is 0. The van der Waals surface area contributed by atoms with E-state index in [0.29, 0.717) is 12.5 Å². The number of aryl methyl sites for hydroxylation is 1. The van der Waals surface area contributed by atoms with Crippen LogP contribution in [0.1, 0.15) is 31.1 Å². The Hall–Kier alpha value is -1.09. The molecule has 1 heterocycles. The van der Waals surface area contributed by atoms with E-state index in [-0.39, 0.29) is 0 Å². The van der Waals surface area contributed by atoms with Crippen LogP contribution in [0.25, 0.3) is 0 Å². The number of nitrogens with zero attached hydrogens (tertiary/aromatic N) is 1. The third kappa shape index (κ3) is 2.42. The quantitative estimate of drug-likeness (QED) is 0.773. The van der Waals surface area contributed by atoms with Gasteiger partial charge in [0.2, 0.25) is 5.88 Å². The number of ether oxygens (including phenoxy) is 1. The lowest BCUT2D eigenvalue weighted by Gasteiger charge is -2.09. The van der Waals surface area contributed by atoms with Gasteiger partial charge >= 0.3 is 0 Å². The molecule has 0 aliphatic carbocycles. The number of hydrogen-bond acceptors (Lipinski definition) is 3. The minimum absolute atomic E-state index is 0.470. The molecule has 1 atom stereocenters. The summed E-state index contributed by atoms with van der Waals surface area (Å²) in [6.45, 7) is 6.17. The van der Waals surface area contributed by atoms with Crippen LogP contribution in [-0.4, -0.2) is 16.7 Å². The molecule has 0 aliphatic heterocycles. The summed E-state index contributed by atoms with van der Waals surface area (Å²) in [5, 5.41) is 9.29. The Balaban J connectivity index is 2.92. The van der Waals surface area contributed by atoms with Crippen LogP contribution in [0.15, 0.2) is 12.3 Å². The third-order valence-electron chi connectivity index (χ3n) is 1.81. The van der Waals surface area contributed by atoms with Gasteiger partial charge in [0.1, 0.15) is 0 Å². The zero-order valence-corrected chi connectivity index (χ0v) is 8.24. The summed E-state index contributed by atoms with van der Waals surface area (Å²) in [5.41, 5.74) is 1.78. The van der Waals surface area contributed by atoms with Crippen molar-refractivity contribution in [2.45, 2.75) is 26.9 Å². The molecule has 13 heavy (non-hydrogen) atoms. The van der Waals surface area contributed by atoms with Gasteiger partial charge < -0.3 is 9.84 Å². The summed E-state index contributed by atoms with van der Waals surface area (Å²) in [6, 6.07) is 1.89. The van der Waals surface area contributed by atoms with Crippen LogP contribution in [0.5, 0.6) is 5.88 Å². The maximum atomic E-state index is 9.29. The lowest BCUT2D eigenvalue weighted by Crippen LogP contribution is -1.99. The summed E-state index contributed by atoms with van der Waals surface area (Å²) in [4.78, 5) is 4.11. The number of rotatable bonds is 3. The lowest BCUT2D eigenvalue weighted by molar-refractivity contribution is 0.198. The van der Waals surface area contributed by atoms with E-state index in [4.69, 9.17) is 4.74 Å². The summed E-state index contributed by atoms with van der Waals surface area (Å²) < 4.78 is 5.28. The van der Waals surface area contributed by atoms with Crippen molar-refractivity contribution >= 4 is 0 Å². The Kier molecular flexibility index (Phi) is 3.25. The van der Waals surface area contributed by atoms with Gasteiger partial charge in [-0.05, 0) is 32.4 Å². The average molecular weight is 181 g/mol. The Morgan fingerprint density at radius 2 is 2.31 bits per heavy atom. The Morgan fingerprint density at radius 3 is 2.77 bits per heavy atom. The second-order valence-corrected chi connectivity index (χ2v) is 3.00. The molecule has 0 unspecified atom stereocenters. The molecule has 1 rings (SSSR count). The van der Waals surface area contributed by atoms with Gasteiger partial charge in [0.05, 0.1) is 12.7 Å². The zero-order chi connectivity index (χ0) is 9.84. The van der Waals surface area contributed by atoms with Crippen molar-refractivity contribution in [2.75, 3.05) is 6.61 Å². The van der Waals surface area contributed by atoms with Crippen LogP contribution in [0.2, 0.25) is 0 Å². The van der Waals surface area contributed by atoms with Crippen LogP contribution >= 0.6 is 0 Å². The van der Waals surface area contributed by atoms with Gasteiger partial charge in [-0.25, -0.2) is 4.98 Å². The van der Waals surface area contributed by atoms with Crippen LogP contribution in [-0.2, 0) is 0 Å². The molecule has 0 aliphatic rings. The molecular weight excluding hydrogens is 166 g/mol. The Bertz CT molecular complexity index is 284. The maximum absolute atomic E-state index is 9.29. The summed E-state index contributed by atoms with van der Waals surface area (Å²) in [7, 11) is 0. The van der Waals surface area contributed by atoms with Crippen molar-refractivity contribution < 1.29 is 9.84 Å². The fourth-order valence-corrected chi connectivity index (χ4v) is 1.10. The fourth-order valence-electron chi connectivity index (χ4n) is 1.10. The second-order valence-electron chi connectivity index (χ2n) is 3.00. The highest BCUT2D eigenvalue weighted by molar-refractivity contribution is 5.29. The molecule has 3 nitrogen and oxygen atoms in total. The topological polar surface area (TPSA) is 42.4 Å². The Labute approximate surface area is 78.4 Å². The molecule has 1 aromatic heterocycles. The van der Waals surface area contributed by atoms with Crippen molar-refractivity contribution in [1.82, 2.24) is 4.98 Å². The molecule has 0 saturated heterocycles. The second kappa shape index (κ2) is 4.23. The van der Waals surface area contributed by atoms with E-state index in [1.807, 2.05) is 19.9 Å². The van der Waals surface area contributed by atoms with Gasteiger partial charge in [-0.2, -0.15) is 0 Å². The van der Waals surface area contributed by atoms with E-state index < -0.39 is 6.10 Å². The molecule has 0 bridgehead atoms. The molecule has 3 heteroatoms. The molecule has 0 aromatic carbocycles. The number of aromatic nitrogens is 1. The van der Waals surface area contributed by atoms with Gasteiger partial charge in [-0.1, -0.05) is 0 Å². The molecular formula is C10H15NO2. The predicted octanol–water partition coefficient (Wildman–Crippen LogP) is 1.84.